The first-order valence-corrected chi connectivity index (χ1v) is 14.2. The van der Waals surface area contributed by atoms with Gasteiger partial charge in [-0.1, -0.05) is 65.3 Å². The third-order valence-electron chi connectivity index (χ3n) is 6.78. The fourth-order valence-electron chi connectivity index (χ4n) is 4.82. The Bertz CT molecular complexity index is 947. The van der Waals surface area contributed by atoms with E-state index in [1.165, 1.54) is 20.5 Å². The van der Waals surface area contributed by atoms with Gasteiger partial charge in [0.1, 0.15) is 11.3 Å². The number of halogens is 3. The molecule has 0 unspecified atom stereocenters. The van der Waals surface area contributed by atoms with Gasteiger partial charge in [-0.15, -0.1) is 0 Å². The predicted octanol–water partition coefficient (Wildman–Crippen LogP) is 9.03. The van der Waals surface area contributed by atoms with Crippen molar-refractivity contribution in [3.05, 3.63) is 41.5 Å². The molecule has 0 amide bonds. The number of carbonyl (C=O) groups excluding carboxylic acids is 1. The number of piperidine rings is 1. The summed E-state index contributed by atoms with van der Waals surface area (Å²) in [5.41, 5.74) is 0.349. The number of methoxy groups -OCH3 is 1. The average Bonchev–Trinajstić information content (AvgIpc) is 2.92. The first-order valence-electron chi connectivity index (χ1n) is 14.2. The summed E-state index contributed by atoms with van der Waals surface area (Å²) < 4.78 is 52.3. The van der Waals surface area contributed by atoms with E-state index in [9.17, 15) is 18.0 Å². The van der Waals surface area contributed by atoms with Crippen molar-refractivity contribution < 1.29 is 27.4 Å². The minimum atomic E-state index is -4.44. The van der Waals surface area contributed by atoms with Gasteiger partial charge in [0.25, 0.3) is 0 Å². The summed E-state index contributed by atoms with van der Waals surface area (Å²) >= 11 is 0. The molecule has 1 saturated carbocycles. The molecule has 2 aromatic rings. The molecular formula is C31H48F3NO3. The van der Waals surface area contributed by atoms with Crippen molar-refractivity contribution in [3.8, 4) is 5.75 Å². The van der Waals surface area contributed by atoms with Gasteiger partial charge >= 0.3 is 12.1 Å². The number of carbonyl (C=O) groups is 1. The zero-order chi connectivity index (χ0) is 28.7. The van der Waals surface area contributed by atoms with Crippen molar-refractivity contribution in [1.82, 2.24) is 4.90 Å². The van der Waals surface area contributed by atoms with Crippen molar-refractivity contribution in [2.24, 2.45) is 5.92 Å². The quantitative estimate of drug-likeness (QED) is 0.363. The highest BCUT2D eigenvalue weighted by Crippen LogP contribution is 2.43. The summed E-state index contributed by atoms with van der Waals surface area (Å²) in [6, 6.07) is 8.67. The molecule has 1 heterocycles. The molecule has 2 aliphatic rings. The number of alkyl halides is 3. The number of hydrogen-bond donors (Lipinski definition) is 0. The van der Waals surface area contributed by atoms with Crippen LogP contribution < -0.4 is 4.74 Å². The van der Waals surface area contributed by atoms with E-state index >= 15 is 0 Å². The molecule has 0 N–H and O–H groups in total. The van der Waals surface area contributed by atoms with Gasteiger partial charge in [-0.05, 0) is 79.9 Å². The Hall–Kier alpha value is -2.28. The number of hydrogen-bond acceptors (Lipinski definition) is 4. The van der Waals surface area contributed by atoms with Crippen LogP contribution in [0, 0.1) is 5.92 Å². The normalized spacial score (nSPS) is 19.5. The van der Waals surface area contributed by atoms with E-state index in [2.05, 4.69) is 16.6 Å². The second kappa shape index (κ2) is 17.3. The third kappa shape index (κ3) is 10.5. The highest BCUT2D eigenvalue weighted by Gasteiger charge is 2.37. The number of nitrogens with zero attached hydrogens (tertiary/aromatic N) is 1. The van der Waals surface area contributed by atoms with Gasteiger partial charge in [-0.2, -0.15) is 13.2 Å². The molecule has 1 saturated heterocycles. The molecule has 0 aromatic heterocycles. The Morgan fingerprint density at radius 1 is 0.921 bits per heavy atom. The second-order valence-electron chi connectivity index (χ2n) is 9.48. The Balaban J connectivity index is 0.000000709. The van der Waals surface area contributed by atoms with Crippen LogP contribution in [0.25, 0.3) is 10.8 Å². The summed E-state index contributed by atoms with van der Waals surface area (Å²) in [7, 11) is 1.35. The molecule has 1 aliphatic carbocycles. The Morgan fingerprint density at radius 2 is 1.50 bits per heavy atom. The van der Waals surface area contributed by atoms with Crippen molar-refractivity contribution in [2.45, 2.75) is 105 Å². The molecule has 4 nitrogen and oxygen atoms in total. The van der Waals surface area contributed by atoms with Crippen molar-refractivity contribution in [2.75, 3.05) is 20.2 Å². The first kappa shape index (κ1) is 33.7. The SMILES string of the molecule is CC.CC.CC1CCC(Oc2ccc3c(CN4CCCCC4)cccc3c2C(F)(F)F)CC1.COC(C)=O. The highest BCUT2D eigenvalue weighted by molar-refractivity contribution is 5.91. The molecule has 38 heavy (non-hydrogen) atoms. The van der Waals surface area contributed by atoms with Gasteiger partial charge in [-0.25, -0.2) is 0 Å². The fraction of sp³-hybridized carbons (Fsp3) is 0.645. The van der Waals surface area contributed by atoms with Gasteiger partial charge in [-0.3, -0.25) is 9.69 Å². The molecule has 1 aliphatic heterocycles. The minimum absolute atomic E-state index is 0.0142. The van der Waals surface area contributed by atoms with Crippen LogP contribution in [0.15, 0.2) is 30.3 Å². The maximum Gasteiger partial charge on any atom is 0.420 e. The lowest BCUT2D eigenvalue weighted by Gasteiger charge is -2.29. The number of ether oxygens (including phenoxy) is 2. The van der Waals surface area contributed by atoms with Crippen LogP contribution in [0.5, 0.6) is 5.75 Å². The Kier molecular flexibility index (Phi) is 15.4. The number of esters is 1. The monoisotopic (exact) mass is 539 g/mol. The molecule has 2 aromatic carbocycles. The standard InChI is InChI=1S/C24H30F3NO.C3H6O2.2C2H6/c1-17-8-10-19(11-9-17)29-22-13-12-20-18(16-28-14-3-2-4-15-28)6-5-7-21(20)23(22)24(25,26)27;1-3(4)5-2;2*1-2/h5-7,12-13,17,19H,2-4,8-11,14-16H2,1H3;1-2H3;2*1-2H3. The molecule has 216 valence electrons. The molecule has 0 radical (unpaired) electrons. The van der Waals surface area contributed by atoms with E-state index in [1.54, 1.807) is 18.2 Å². The summed E-state index contributed by atoms with van der Waals surface area (Å²) in [5, 5.41) is 0.948. The van der Waals surface area contributed by atoms with Crippen LogP contribution in [0.4, 0.5) is 13.2 Å². The number of benzene rings is 2. The van der Waals surface area contributed by atoms with E-state index in [0.717, 1.165) is 57.2 Å². The maximum absolute atomic E-state index is 14.1. The third-order valence-corrected chi connectivity index (χ3v) is 6.78. The van der Waals surface area contributed by atoms with Gasteiger partial charge in [0.15, 0.2) is 0 Å². The number of likely N-dealkylation sites (tertiary alicyclic amines) is 1. The number of fused-ring (bicyclic) bond motifs is 1. The highest BCUT2D eigenvalue weighted by atomic mass is 19.4. The summed E-state index contributed by atoms with van der Waals surface area (Å²) in [5.74, 6) is 0.371. The van der Waals surface area contributed by atoms with Crippen LogP contribution in [-0.4, -0.2) is 37.2 Å². The van der Waals surface area contributed by atoms with Crippen LogP contribution >= 0.6 is 0 Å². The topological polar surface area (TPSA) is 38.8 Å². The molecule has 4 rings (SSSR count). The fourth-order valence-corrected chi connectivity index (χ4v) is 4.82. The van der Waals surface area contributed by atoms with Gasteiger partial charge in [0.05, 0.1) is 13.2 Å². The lowest BCUT2D eigenvalue weighted by atomic mass is 9.89. The van der Waals surface area contributed by atoms with E-state index in [0.29, 0.717) is 17.8 Å². The molecular weight excluding hydrogens is 491 g/mol. The Morgan fingerprint density at radius 3 is 2.03 bits per heavy atom. The summed E-state index contributed by atoms with van der Waals surface area (Å²) in [6.07, 6.45) is 2.68. The number of rotatable bonds is 4. The molecule has 7 heteroatoms. The smallest absolute Gasteiger partial charge is 0.420 e. The maximum atomic E-state index is 14.1. The zero-order valence-corrected chi connectivity index (χ0v) is 24.4. The van der Waals surface area contributed by atoms with E-state index in [1.807, 2.05) is 39.8 Å². The average molecular weight is 540 g/mol. The van der Waals surface area contributed by atoms with Crippen molar-refractivity contribution in [3.63, 3.8) is 0 Å². The van der Waals surface area contributed by atoms with Crippen molar-refractivity contribution >= 4 is 16.7 Å². The first-order chi connectivity index (χ1) is 18.2. The predicted molar refractivity (Wildman–Crippen MR) is 151 cm³/mol. The molecule has 0 spiro atoms. The zero-order valence-electron chi connectivity index (χ0n) is 24.4. The van der Waals surface area contributed by atoms with Crippen LogP contribution in [0.3, 0.4) is 0 Å². The molecule has 2 fully saturated rings. The lowest BCUT2D eigenvalue weighted by molar-refractivity contribution is -0.138. The molecule has 0 bridgehead atoms. The van der Waals surface area contributed by atoms with Crippen molar-refractivity contribution in [1.29, 1.82) is 0 Å². The van der Waals surface area contributed by atoms with Gasteiger partial charge < -0.3 is 9.47 Å². The van der Waals surface area contributed by atoms with E-state index in [-0.39, 0.29) is 23.2 Å². The van der Waals surface area contributed by atoms with E-state index < -0.39 is 11.7 Å². The van der Waals surface area contributed by atoms with Crippen LogP contribution in [0.1, 0.15) is 97.6 Å². The molecule has 0 atom stereocenters. The van der Waals surface area contributed by atoms with Gasteiger partial charge in [0, 0.05) is 13.5 Å². The second-order valence-corrected chi connectivity index (χ2v) is 9.48. The van der Waals surface area contributed by atoms with E-state index in [4.69, 9.17) is 4.74 Å². The van der Waals surface area contributed by atoms with Crippen LogP contribution in [0.2, 0.25) is 0 Å². The largest absolute Gasteiger partial charge is 0.490 e. The minimum Gasteiger partial charge on any atom is -0.490 e. The summed E-state index contributed by atoms with van der Waals surface area (Å²) in [4.78, 5) is 11.9. The van der Waals surface area contributed by atoms with Gasteiger partial charge in [0.2, 0.25) is 0 Å². The summed E-state index contributed by atoms with van der Waals surface area (Å²) in [6.45, 7) is 14.3. The Labute approximate surface area is 227 Å². The van der Waals surface area contributed by atoms with Crippen LogP contribution in [-0.2, 0) is 22.3 Å². The lowest BCUT2D eigenvalue weighted by Crippen LogP contribution is -2.29.